The Balaban J connectivity index is 1.67. The lowest BCUT2D eigenvalue weighted by molar-refractivity contribution is 0.641. The Hall–Kier alpha value is -2.24. The molecule has 0 radical (unpaired) electrons. The van der Waals surface area contributed by atoms with Crippen molar-refractivity contribution in [3.05, 3.63) is 71.0 Å². The minimum Gasteiger partial charge on any atom is -0.306 e. The van der Waals surface area contributed by atoms with E-state index < -0.39 is 0 Å². The zero-order chi connectivity index (χ0) is 14.5. The molecule has 0 aliphatic carbocycles. The van der Waals surface area contributed by atoms with Crippen LogP contribution >= 0.6 is 11.6 Å². The molecule has 0 aliphatic heterocycles. The van der Waals surface area contributed by atoms with Crippen LogP contribution in [0.25, 0.3) is 5.69 Å². The summed E-state index contributed by atoms with van der Waals surface area (Å²) < 4.78 is 1.70. The number of rotatable bonds is 5. The zero-order valence-corrected chi connectivity index (χ0v) is 12.0. The fourth-order valence-corrected chi connectivity index (χ4v) is 2.14. The Labute approximate surface area is 127 Å². The van der Waals surface area contributed by atoms with Gasteiger partial charge in [0.05, 0.1) is 12.2 Å². The standard InChI is InChI=1S/C15H14ClN5/c16-13-6-8-14(9-7-13)21-15(18-19-20-21)11-17-10-12-4-2-1-3-5-12/h1-9,17H,10-11H2. The first-order chi connectivity index (χ1) is 10.3. The number of benzene rings is 2. The number of tetrazole rings is 1. The number of hydrogen-bond acceptors (Lipinski definition) is 4. The van der Waals surface area contributed by atoms with Gasteiger partial charge in [-0.25, -0.2) is 0 Å². The van der Waals surface area contributed by atoms with Gasteiger partial charge in [-0.15, -0.1) is 5.10 Å². The molecule has 0 atom stereocenters. The monoisotopic (exact) mass is 299 g/mol. The molecule has 5 nitrogen and oxygen atoms in total. The normalized spacial score (nSPS) is 10.7. The average molecular weight is 300 g/mol. The number of nitrogens with one attached hydrogen (secondary N) is 1. The molecule has 1 heterocycles. The van der Waals surface area contributed by atoms with Crippen molar-refractivity contribution in [2.75, 3.05) is 0 Å². The molecule has 21 heavy (non-hydrogen) atoms. The van der Waals surface area contributed by atoms with Crippen molar-refractivity contribution in [1.82, 2.24) is 25.5 Å². The van der Waals surface area contributed by atoms with Gasteiger partial charge in [-0.2, -0.15) is 4.68 Å². The molecule has 3 aromatic rings. The molecule has 1 aromatic heterocycles. The topological polar surface area (TPSA) is 55.6 Å². The number of hydrogen-bond donors (Lipinski definition) is 1. The van der Waals surface area contributed by atoms with Gasteiger partial charge in [0.2, 0.25) is 0 Å². The van der Waals surface area contributed by atoms with Crippen molar-refractivity contribution in [3.63, 3.8) is 0 Å². The van der Waals surface area contributed by atoms with Crippen LogP contribution in [-0.4, -0.2) is 20.2 Å². The molecule has 0 amide bonds. The summed E-state index contributed by atoms with van der Waals surface area (Å²) in [5.41, 5.74) is 2.11. The third-order valence-electron chi connectivity index (χ3n) is 3.06. The highest BCUT2D eigenvalue weighted by Crippen LogP contribution is 2.13. The molecule has 0 saturated carbocycles. The average Bonchev–Trinajstić information content (AvgIpc) is 2.98. The van der Waals surface area contributed by atoms with Gasteiger partial charge in [0.1, 0.15) is 0 Å². The third-order valence-corrected chi connectivity index (χ3v) is 3.31. The van der Waals surface area contributed by atoms with Crippen molar-refractivity contribution in [2.24, 2.45) is 0 Å². The number of nitrogens with zero attached hydrogens (tertiary/aromatic N) is 4. The largest absolute Gasteiger partial charge is 0.306 e. The summed E-state index contributed by atoms with van der Waals surface area (Å²) in [6.07, 6.45) is 0. The molecule has 2 aromatic carbocycles. The first-order valence-corrected chi connectivity index (χ1v) is 6.98. The van der Waals surface area contributed by atoms with E-state index in [0.29, 0.717) is 11.6 Å². The van der Waals surface area contributed by atoms with E-state index in [1.807, 2.05) is 42.5 Å². The van der Waals surface area contributed by atoms with Crippen LogP contribution in [0, 0.1) is 0 Å². The summed E-state index contributed by atoms with van der Waals surface area (Å²) in [5, 5.41) is 15.8. The lowest BCUT2D eigenvalue weighted by Crippen LogP contribution is -2.16. The Morgan fingerprint density at radius 3 is 2.48 bits per heavy atom. The molecule has 0 bridgehead atoms. The van der Waals surface area contributed by atoms with Crippen LogP contribution in [0.3, 0.4) is 0 Å². The molecule has 1 N–H and O–H groups in total. The summed E-state index contributed by atoms with van der Waals surface area (Å²) in [7, 11) is 0. The van der Waals surface area contributed by atoms with E-state index in [2.05, 4.69) is 33.0 Å². The van der Waals surface area contributed by atoms with Crippen LogP contribution < -0.4 is 5.32 Å². The Kier molecular flexibility index (Phi) is 4.23. The van der Waals surface area contributed by atoms with Crippen molar-refractivity contribution >= 4 is 11.6 Å². The van der Waals surface area contributed by atoms with Crippen molar-refractivity contribution in [2.45, 2.75) is 13.1 Å². The van der Waals surface area contributed by atoms with E-state index in [-0.39, 0.29) is 0 Å². The van der Waals surface area contributed by atoms with E-state index >= 15 is 0 Å². The van der Waals surface area contributed by atoms with E-state index in [4.69, 9.17) is 11.6 Å². The molecule has 0 spiro atoms. The van der Waals surface area contributed by atoms with Crippen LogP contribution in [0.15, 0.2) is 54.6 Å². The summed E-state index contributed by atoms with van der Waals surface area (Å²) in [6.45, 7) is 1.36. The first-order valence-electron chi connectivity index (χ1n) is 6.61. The fraction of sp³-hybridized carbons (Fsp3) is 0.133. The van der Waals surface area contributed by atoms with Gasteiger partial charge in [0, 0.05) is 11.6 Å². The van der Waals surface area contributed by atoms with Gasteiger partial charge in [-0.1, -0.05) is 41.9 Å². The quantitative estimate of drug-likeness (QED) is 0.787. The summed E-state index contributed by atoms with van der Waals surface area (Å²) in [6, 6.07) is 17.6. The van der Waals surface area contributed by atoms with E-state index in [9.17, 15) is 0 Å². The minimum absolute atomic E-state index is 0.588. The van der Waals surface area contributed by atoms with Crippen LogP contribution in [-0.2, 0) is 13.1 Å². The van der Waals surface area contributed by atoms with Gasteiger partial charge in [-0.05, 0) is 40.3 Å². The van der Waals surface area contributed by atoms with E-state index in [0.717, 1.165) is 18.1 Å². The maximum absolute atomic E-state index is 5.89. The van der Waals surface area contributed by atoms with E-state index in [1.54, 1.807) is 4.68 Å². The Morgan fingerprint density at radius 2 is 1.71 bits per heavy atom. The molecule has 0 aliphatic rings. The van der Waals surface area contributed by atoms with Crippen LogP contribution in [0.4, 0.5) is 0 Å². The van der Waals surface area contributed by atoms with Gasteiger partial charge < -0.3 is 5.32 Å². The Morgan fingerprint density at radius 1 is 0.952 bits per heavy atom. The van der Waals surface area contributed by atoms with Gasteiger partial charge in [0.25, 0.3) is 0 Å². The third kappa shape index (κ3) is 3.45. The van der Waals surface area contributed by atoms with Crippen LogP contribution in [0.1, 0.15) is 11.4 Å². The van der Waals surface area contributed by atoms with E-state index in [1.165, 1.54) is 5.56 Å². The van der Waals surface area contributed by atoms with Gasteiger partial charge >= 0.3 is 0 Å². The SMILES string of the molecule is Clc1ccc(-n2nnnc2CNCc2ccccc2)cc1. The van der Waals surface area contributed by atoms with Crippen LogP contribution in [0.2, 0.25) is 5.02 Å². The molecule has 3 rings (SSSR count). The van der Waals surface area contributed by atoms with Gasteiger partial charge in [0.15, 0.2) is 5.82 Å². The lowest BCUT2D eigenvalue weighted by atomic mass is 10.2. The highest BCUT2D eigenvalue weighted by Gasteiger charge is 2.07. The highest BCUT2D eigenvalue weighted by molar-refractivity contribution is 6.30. The zero-order valence-electron chi connectivity index (χ0n) is 11.3. The molecular formula is C15H14ClN5. The van der Waals surface area contributed by atoms with Gasteiger partial charge in [-0.3, -0.25) is 0 Å². The predicted molar refractivity (Wildman–Crippen MR) is 81.1 cm³/mol. The predicted octanol–water partition coefficient (Wildman–Crippen LogP) is 2.61. The second-order valence-corrected chi connectivity index (χ2v) is 5.01. The molecule has 0 fully saturated rings. The maximum atomic E-state index is 5.89. The summed E-state index contributed by atoms with van der Waals surface area (Å²) >= 11 is 5.89. The summed E-state index contributed by atoms with van der Waals surface area (Å²) in [5.74, 6) is 0.758. The number of aromatic nitrogens is 4. The van der Waals surface area contributed by atoms with Crippen molar-refractivity contribution in [3.8, 4) is 5.69 Å². The Bertz CT molecular complexity index is 694. The second-order valence-electron chi connectivity index (χ2n) is 4.57. The summed E-state index contributed by atoms with van der Waals surface area (Å²) in [4.78, 5) is 0. The molecular weight excluding hydrogens is 286 g/mol. The lowest BCUT2D eigenvalue weighted by Gasteiger charge is -2.06. The van der Waals surface area contributed by atoms with Crippen LogP contribution in [0.5, 0.6) is 0 Å². The second kappa shape index (κ2) is 6.47. The van der Waals surface area contributed by atoms with Crippen molar-refractivity contribution in [1.29, 1.82) is 0 Å². The first kappa shape index (κ1) is 13.7. The van der Waals surface area contributed by atoms with Crippen molar-refractivity contribution < 1.29 is 0 Å². The molecule has 6 heteroatoms. The fourth-order valence-electron chi connectivity index (χ4n) is 2.01. The highest BCUT2D eigenvalue weighted by atomic mass is 35.5. The molecule has 106 valence electrons. The molecule has 0 unspecified atom stereocenters. The molecule has 0 saturated heterocycles. The number of halogens is 1. The minimum atomic E-state index is 0.588. The maximum Gasteiger partial charge on any atom is 0.170 e. The smallest absolute Gasteiger partial charge is 0.170 e.